The maximum Gasteiger partial charge on any atom is 0.269 e. The minimum absolute atomic E-state index is 0.0584. The van der Waals surface area contributed by atoms with Crippen molar-refractivity contribution >= 4 is 35.1 Å². The van der Waals surface area contributed by atoms with E-state index in [4.69, 9.17) is 11.6 Å². The lowest BCUT2D eigenvalue weighted by molar-refractivity contribution is -0.136. The number of nitrogens with one attached hydrogen (secondary N) is 2. The Labute approximate surface area is 251 Å². The molecule has 0 aliphatic carbocycles. The number of fused-ring (bicyclic) bond motifs is 1. The Hall–Kier alpha value is -3.96. The summed E-state index contributed by atoms with van der Waals surface area (Å²) < 4.78 is 45.4. The number of rotatable bonds is 7. The zero-order chi connectivity index (χ0) is 30.3. The van der Waals surface area contributed by atoms with Crippen molar-refractivity contribution in [3.8, 4) is 11.1 Å². The van der Waals surface area contributed by atoms with Gasteiger partial charge in [-0.1, -0.05) is 35.9 Å². The van der Waals surface area contributed by atoms with Gasteiger partial charge in [-0.15, -0.1) is 0 Å². The molecule has 2 atom stereocenters. The van der Waals surface area contributed by atoms with E-state index in [9.17, 15) is 18.8 Å². The van der Waals surface area contributed by atoms with Gasteiger partial charge < -0.3 is 15.1 Å². The number of benzene rings is 2. The number of pyridine rings is 1. The number of nitrogens with zero attached hydrogens (tertiary/aromatic N) is 3. The van der Waals surface area contributed by atoms with Gasteiger partial charge in [0.15, 0.2) is 11.6 Å². The summed E-state index contributed by atoms with van der Waals surface area (Å²) in [7, 11) is 0. The third-order valence-electron chi connectivity index (χ3n) is 8.33. The number of alkyl halides is 2. The highest BCUT2D eigenvalue weighted by Gasteiger charge is 2.45. The second kappa shape index (κ2) is 11.6. The molecule has 3 aromatic rings. The van der Waals surface area contributed by atoms with Crippen LogP contribution in [0, 0.1) is 11.7 Å². The maximum atomic E-state index is 15.2. The monoisotopic (exact) mass is 611 g/mol. The van der Waals surface area contributed by atoms with E-state index < -0.39 is 36.2 Å². The van der Waals surface area contributed by atoms with Crippen LogP contribution in [0.4, 0.5) is 19.0 Å². The zero-order valence-electron chi connectivity index (χ0n) is 23.1. The lowest BCUT2D eigenvalue weighted by atomic mass is 9.92. The molecule has 4 heterocycles. The number of hydrogen-bond donors (Lipinski definition) is 2. The molecule has 2 saturated heterocycles. The molecule has 2 aromatic carbocycles. The Balaban J connectivity index is 1.04. The number of anilines is 1. The molecule has 1 aromatic heterocycles. The minimum Gasteiger partial charge on any atom is -0.348 e. The summed E-state index contributed by atoms with van der Waals surface area (Å²) in [6.45, 7) is 0.214. The summed E-state index contributed by atoms with van der Waals surface area (Å²) in [6.07, 6.45) is 2.07. The quantitative estimate of drug-likeness (QED) is 0.381. The van der Waals surface area contributed by atoms with Gasteiger partial charge in [0.1, 0.15) is 6.04 Å². The van der Waals surface area contributed by atoms with Crippen LogP contribution < -0.4 is 15.5 Å². The molecule has 3 amide bonds. The van der Waals surface area contributed by atoms with Crippen molar-refractivity contribution in [3.05, 3.63) is 82.3 Å². The average Bonchev–Trinajstić information content (AvgIpc) is 3.28. The molecule has 12 heteroatoms. The molecule has 3 aliphatic rings. The third kappa shape index (κ3) is 5.96. The minimum atomic E-state index is -3.07. The SMILES string of the molecule is O=C1CCC(N2Cc3cc(CNCC4CCN(c5ncc(-c6cccc(Cl)c6)cc5F)CC4(F)F)ccc3C2=O)C(=O)N1. The number of hydrogen-bond acceptors (Lipinski definition) is 6. The number of carbonyl (C=O) groups is 3. The van der Waals surface area contributed by atoms with Gasteiger partial charge in [-0.3, -0.25) is 19.7 Å². The molecule has 2 fully saturated rings. The third-order valence-corrected chi connectivity index (χ3v) is 8.57. The van der Waals surface area contributed by atoms with Crippen LogP contribution in [0.1, 0.15) is 40.7 Å². The predicted octanol–water partition coefficient (Wildman–Crippen LogP) is 4.55. The van der Waals surface area contributed by atoms with Crippen LogP contribution in [0.5, 0.6) is 0 Å². The summed E-state index contributed by atoms with van der Waals surface area (Å²) in [5, 5.41) is 5.90. The lowest BCUT2D eigenvalue weighted by Gasteiger charge is -2.39. The number of aromatic nitrogens is 1. The highest BCUT2D eigenvalue weighted by atomic mass is 35.5. The van der Waals surface area contributed by atoms with Crippen molar-refractivity contribution in [1.82, 2.24) is 20.5 Å². The zero-order valence-corrected chi connectivity index (χ0v) is 23.8. The first-order chi connectivity index (χ1) is 20.6. The van der Waals surface area contributed by atoms with Crippen molar-refractivity contribution < 1.29 is 27.6 Å². The second-order valence-corrected chi connectivity index (χ2v) is 11.7. The van der Waals surface area contributed by atoms with Crippen LogP contribution in [0.15, 0.2) is 54.7 Å². The van der Waals surface area contributed by atoms with Crippen molar-refractivity contribution in [2.75, 3.05) is 24.5 Å². The van der Waals surface area contributed by atoms with Crippen LogP contribution >= 0.6 is 11.6 Å². The molecule has 8 nitrogen and oxygen atoms in total. The van der Waals surface area contributed by atoms with Gasteiger partial charge in [-0.25, -0.2) is 18.2 Å². The van der Waals surface area contributed by atoms with Crippen LogP contribution in [0.3, 0.4) is 0 Å². The number of piperidine rings is 2. The molecule has 43 heavy (non-hydrogen) atoms. The van der Waals surface area contributed by atoms with Gasteiger partial charge in [0.25, 0.3) is 11.8 Å². The maximum absolute atomic E-state index is 15.2. The highest BCUT2D eigenvalue weighted by molar-refractivity contribution is 6.30. The Kier molecular flexibility index (Phi) is 7.87. The molecule has 2 unspecified atom stereocenters. The average molecular weight is 612 g/mol. The Morgan fingerprint density at radius 3 is 2.65 bits per heavy atom. The van der Waals surface area contributed by atoms with Gasteiger partial charge in [0.2, 0.25) is 11.8 Å². The second-order valence-electron chi connectivity index (χ2n) is 11.2. The van der Waals surface area contributed by atoms with Crippen LogP contribution in [-0.4, -0.2) is 59.2 Å². The van der Waals surface area contributed by atoms with Crippen LogP contribution in [-0.2, 0) is 22.7 Å². The molecular weight excluding hydrogens is 583 g/mol. The van der Waals surface area contributed by atoms with Crippen molar-refractivity contribution in [1.29, 1.82) is 0 Å². The fourth-order valence-corrected chi connectivity index (χ4v) is 6.23. The van der Waals surface area contributed by atoms with E-state index in [1.54, 1.807) is 36.4 Å². The highest BCUT2D eigenvalue weighted by Crippen LogP contribution is 2.36. The van der Waals surface area contributed by atoms with E-state index in [0.29, 0.717) is 28.3 Å². The van der Waals surface area contributed by atoms with E-state index in [2.05, 4.69) is 15.6 Å². The van der Waals surface area contributed by atoms with E-state index in [1.165, 1.54) is 22.1 Å². The molecular formula is C31H29ClF3N5O3. The largest absolute Gasteiger partial charge is 0.348 e. The van der Waals surface area contributed by atoms with Gasteiger partial charge in [0, 0.05) is 60.9 Å². The molecule has 0 saturated carbocycles. The van der Waals surface area contributed by atoms with Crippen LogP contribution in [0.25, 0.3) is 11.1 Å². The predicted molar refractivity (Wildman–Crippen MR) is 154 cm³/mol. The molecule has 0 spiro atoms. The Morgan fingerprint density at radius 1 is 1.07 bits per heavy atom. The van der Waals surface area contributed by atoms with Gasteiger partial charge >= 0.3 is 0 Å². The van der Waals surface area contributed by atoms with Crippen molar-refractivity contribution in [2.24, 2.45) is 5.92 Å². The van der Waals surface area contributed by atoms with Gasteiger partial charge in [-0.2, -0.15) is 0 Å². The first-order valence-corrected chi connectivity index (χ1v) is 14.5. The van der Waals surface area contributed by atoms with Gasteiger partial charge in [0.05, 0.1) is 6.54 Å². The first kappa shape index (κ1) is 29.1. The normalized spacial score (nSPS) is 21.6. The smallest absolute Gasteiger partial charge is 0.269 e. The Morgan fingerprint density at radius 2 is 1.91 bits per heavy atom. The summed E-state index contributed by atoms with van der Waals surface area (Å²) in [5.74, 6) is -5.87. The number of halogens is 4. The van der Waals surface area contributed by atoms with Crippen LogP contribution in [0.2, 0.25) is 5.02 Å². The lowest BCUT2D eigenvalue weighted by Crippen LogP contribution is -2.52. The van der Waals surface area contributed by atoms with Crippen molar-refractivity contribution in [2.45, 2.75) is 44.3 Å². The van der Waals surface area contributed by atoms with Gasteiger partial charge in [-0.05, 0) is 53.8 Å². The molecule has 224 valence electrons. The van der Waals surface area contributed by atoms with Crippen molar-refractivity contribution in [3.63, 3.8) is 0 Å². The number of amides is 3. The van der Waals surface area contributed by atoms with E-state index in [-0.39, 0.29) is 56.5 Å². The fourth-order valence-electron chi connectivity index (χ4n) is 6.04. The van der Waals surface area contributed by atoms with E-state index >= 15 is 8.78 Å². The molecule has 0 radical (unpaired) electrons. The molecule has 3 aliphatic heterocycles. The van der Waals surface area contributed by atoms with E-state index in [0.717, 1.165) is 11.1 Å². The topological polar surface area (TPSA) is 94.6 Å². The first-order valence-electron chi connectivity index (χ1n) is 14.1. The summed E-state index contributed by atoms with van der Waals surface area (Å²) in [4.78, 5) is 43.6. The van der Waals surface area contributed by atoms with E-state index in [1.807, 2.05) is 6.07 Å². The number of imide groups is 1. The summed E-state index contributed by atoms with van der Waals surface area (Å²) in [5.41, 5.74) is 3.26. The fraction of sp³-hybridized carbons (Fsp3) is 0.355. The Bertz CT molecular complexity index is 1600. The number of carbonyl (C=O) groups excluding carboxylic acids is 3. The summed E-state index contributed by atoms with van der Waals surface area (Å²) >= 11 is 6.03. The molecule has 2 N–H and O–H groups in total. The standard InChI is InChI=1S/C31H29ClF3N5O3/c32-23-3-1-2-19(11-23)20-12-25(33)28(37-14-20)39-9-8-22(31(34,35)17-39)15-36-13-18-4-5-24-21(10-18)16-40(30(24)43)26-6-7-27(41)38-29(26)42/h1-5,10-12,14,22,26,36H,6-9,13,15-17H2,(H,38,41,42). The molecule has 6 rings (SSSR count). The molecule has 0 bridgehead atoms. The summed E-state index contributed by atoms with van der Waals surface area (Å²) in [6, 6.07) is 12.8.